The smallest absolute Gasteiger partial charge is 0.270 e. The molecule has 0 spiro atoms. The van der Waals surface area contributed by atoms with Crippen molar-refractivity contribution in [1.29, 1.82) is 0 Å². The fraction of sp³-hybridized carbons (Fsp3) is 0.583. The Morgan fingerprint density at radius 3 is 2.88 bits per heavy atom. The number of nitrogens with two attached hydrogens (primary N) is 1. The molecule has 0 aromatic carbocycles. The number of methoxy groups -OCH3 is 1. The van der Waals surface area contributed by atoms with Gasteiger partial charge in [0.15, 0.2) is 0 Å². The van der Waals surface area contributed by atoms with Crippen LogP contribution in [0.4, 0.5) is 5.69 Å². The maximum absolute atomic E-state index is 12.1. The quantitative estimate of drug-likeness (QED) is 0.759. The van der Waals surface area contributed by atoms with Crippen LogP contribution in [0.3, 0.4) is 0 Å². The number of nitrogen functional groups attached to an aromatic ring is 1. The van der Waals surface area contributed by atoms with E-state index in [0.29, 0.717) is 24.5 Å². The number of rotatable bonds is 6. The lowest BCUT2D eigenvalue weighted by Gasteiger charge is -2.17. The van der Waals surface area contributed by atoms with E-state index in [1.807, 2.05) is 11.5 Å². The SMILES string of the molecule is CCn1cc(N)cc1C(=O)N(C)CCCOC. The van der Waals surface area contributed by atoms with Crippen molar-refractivity contribution in [1.82, 2.24) is 9.47 Å². The monoisotopic (exact) mass is 239 g/mol. The van der Waals surface area contributed by atoms with E-state index in [9.17, 15) is 4.79 Å². The van der Waals surface area contributed by atoms with Crippen LogP contribution in [0.15, 0.2) is 12.3 Å². The summed E-state index contributed by atoms with van der Waals surface area (Å²) in [5, 5.41) is 0. The highest BCUT2D eigenvalue weighted by molar-refractivity contribution is 5.93. The highest BCUT2D eigenvalue weighted by Gasteiger charge is 2.15. The van der Waals surface area contributed by atoms with Crippen LogP contribution in [0.5, 0.6) is 0 Å². The second kappa shape index (κ2) is 6.30. The van der Waals surface area contributed by atoms with Crippen LogP contribution in [0.1, 0.15) is 23.8 Å². The van der Waals surface area contributed by atoms with E-state index in [1.165, 1.54) is 0 Å². The third-order valence-corrected chi connectivity index (χ3v) is 2.67. The topological polar surface area (TPSA) is 60.5 Å². The number of aromatic nitrogens is 1. The van der Waals surface area contributed by atoms with Gasteiger partial charge in [-0.15, -0.1) is 0 Å². The molecule has 1 amide bonds. The van der Waals surface area contributed by atoms with Gasteiger partial charge in [0.2, 0.25) is 0 Å². The van der Waals surface area contributed by atoms with Crippen molar-refractivity contribution >= 4 is 11.6 Å². The number of anilines is 1. The third kappa shape index (κ3) is 3.49. The van der Waals surface area contributed by atoms with Gasteiger partial charge in [-0.1, -0.05) is 0 Å². The minimum Gasteiger partial charge on any atom is -0.397 e. The van der Waals surface area contributed by atoms with Crippen molar-refractivity contribution in [2.45, 2.75) is 19.9 Å². The Morgan fingerprint density at radius 2 is 2.29 bits per heavy atom. The first-order valence-electron chi connectivity index (χ1n) is 5.80. The molecule has 0 aliphatic rings. The van der Waals surface area contributed by atoms with Crippen LogP contribution in [0.2, 0.25) is 0 Å². The van der Waals surface area contributed by atoms with Crippen LogP contribution in [0, 0.1) is 0 Å². The minimum atomic E-state index is -0.000321. The predicted molar refractivity (Wildman–Crippen MR) is 68.0 cm³/mol. The van der Waals surface area contributed by atoms with Gasteiger partial charge in [-0.2, -0.15) is 0 Å². The fourth-order valence-corrected chi connectivity index (χ4v) is 1.72. The van der Waals surface area contributed by atoms with Gasteiger partial charge in [-0.05, 0) is 19.4 Å². The Morgan fingerprint density at radius 1 is 1.59 bits per heavy atom. The summed E-state index contributed by atoms with van der Waals surface area (Å²) in [4.78, 5) is 13.8. The number of carbonyl (C=O) groups excluding carboxylic acids is 1. The molecular formula is C12H21N3O2. The van der Waals surface area contributed by atoms with E-state index in [0.717, 1.165) is 13.0 Å². The summed E-state index contributed by atoms with van der Waals surface area (Å²) in [5.41, 5.74) is 6.97. The van der Waals surface area contributed by atoms with E-state index >= 15 is 0 Å². The zero-order valence-corrected chi connectivity index (χ0v) is 10.8. The van der Waals surface area contributed by atoms with Crippen molar-refractivity contribution in [3.8, 4) is 0 Å². The minimum absolute atomic E-state index is 0.000321. The Hall–Kier alpha value is -1.49. The molecule has 1 rings (SSSR count). The van der Waals surface area contributed by atoms with Gasteiger partial charge in [0.05, 0.1) is 5.69 Å². The van der Waals surface area contributed by atoms with Crippen LogP contribution in [0.25, 0.3) is 0 Å². The first kappa shape index (κ1) is 13.6. The zero-order chi connectivity index (χ0) is 12.8. The van der Waals surface area contributed by atoms with Gasteiger partial charge in [-0.25, -0.2) is 0 Å². The van der Waals surface area contributed by atoms with Crippen molar-refractivity contribution in [3.05, 3.63) is 18.0 Å². The van der Waals surface area contributed by atoms with Gasteiger partial charge in [0.25, 0.3) is 5.91 Å². The number of carbonyl (C=O) groups is 1. The molecule has 1 heterocycles. The number of amides is 1. The Labute approximate surface area is 102 Å². The molecule has 0 unspecified atom stereocenters. The summed E-state index contributed by atoms with van der Waals surface area (Å²) in [6.07, 6.45) is 2.62. The number of nitrogens with zero attached hydrogens (tertiary/aromatic N) is 2. The number of aryl methyl sites for hydroxylation is 1. The predicted octanol–water partition coefficient (Wildman–Crippen LogP) is 1.20. The summed E-state index contributed by atoms with van der Waals surface area (Å²) in [6, 6.07) is 1.72. The van der Waals surface area contributed by atoms with Crippen LogP contribution in [-0.2, 0) is 11.3 Å². The van der Waals surface area contributed by atoms with Gasteiger partial charge >= 0.3 is 0 Å². The molecule has 5 nitrogen and oxygen atoms in total. The Bertz CT molecular complexity index is 374. The van der Waals surface area contributed by atoms with E-state index in [4.69, 9.17) is 10.5 Å². The van der Waals surface area contributed by atoms with Crippen molar-refractivity contribution in [2.75, 3.05) is 33.0 Å². The Balaban J connectivity index is 2.67. The summed E-state index contributed by atoms with van der Waals surface area (Å²) < 4.78 is 6.83. The maximum atomic E-state index is 12.1. The van der Waals surface area contributed by atoms with Crippen molar-refractivity contribution in [2.24, 2.45) is 0 Å². The maximum Gasteiger partial charge on any atom is 0.270 e. The lowest BCUT2D eigenvalue weighted by atomic mass is 10.3. The second-order valence-electron chi connectivity index (χ2n) is 4.02. The lowest BCUT2D eigenvalue weighted by molar-refractivity contribution is 0.0769. The Kier molecular flexibility index (Phi) is 5.03. The van der Waals surface area contributed by atoms with E-state index < -0.39 is 0 Å². The fourth-order valence-electron chi connectivity index (χ4n) is 1.72. The average Bonchev–Trinajstić information content (AvgIpc) is 2.69. The number of hydrogen-bond acceptors (Lipinski definition) is 3. The van der Waals surface area contributed by atoms with Gasteiger partial charge in [0, 0.05) is 40.1 Å². The van der Waals surface area contributed by atoms with E-state index in [2.05, 4.69) is 0 Å². The normalized spacial score (nSPS) is 10.5. The molecule has 0 aliphatic heterocycles. The van der Waals surface area contributed by atoms with Gasteiger partial charge in [-0.3, -0.25) is 4.79 Å². The van der Waals surface area contributed by atoms with Gasteiger partial charge in [0.1, 0.15) is 5.69 Å². The summed E-state index contributed by atoms with van der Waals surface area (Å²) >= 11 is 0. The largest absolute Gasteiger partial charge is 0.397 e. The molecule has 0 fully saturated rings. The molecule has 0 aliphatic carbocycles. The summed E-state index contributed by atoms with van der Waals surface area (Å²) in [6.45, 7) is 4.07. The standard InChI is InChI=1S/C12H21N3O2/c1-4-15-9-10(13)8-11(15)12(16)14(2)6-5-7-17-3/h8-9H,4-7,13H2,1-3H3. The molecule has 1 aromatic rings. The molecule has 0 atom stereocenters. The number of ether oxygens (including phenoxy) is 1. The first-order chi connectivity index (χ1) is 8.10. The summed E-state index contributed by atoms with van der Waals surface area (Å²) in [5.74, 6) is -0.000321. The van der Waals surface area contributed by atoms with Crippen LogP contribution in [-0.4, -0.2) is 42.7 Å². The highest BCUT2D eigenvalue weighted by atomic mass is 16.5. The molecule has 0 saturated carbocycles. The molecule has 0 radical (unpaired) electrons. The van der Waals surface area contributed by atoms with Crippen molar-refractivity contribution < 1.29 is 9.53 Å². The van der Waals surface area contributed by atoms with E-state index in [1.54, 1.807) is 31.3 Å². The molecular weight excluding hydrogens is 218 g/mol. The first-order valence-corrected chi connectivity index (χ1v) is 5.80. The molecule has 5 heteroatoms. The number of hydrogen-bond donors (Lipinski definition) is 1. The van der Waals surface area contributed by atoms with E-state index in [-0.39, 0.29) is 5.91 Å². The van der Waals surface area contributed by atoms with Crippen molar-refractivity contribution in [3.63, 3.8) is 0 Å². The lowest BCUT2D eigenvalue weighted by Crippen LogP contribution is -2.30. The molecule has 1 aromatic heterocycles. The molecule has 17 heavy (non-hydrogen) atoms. The molecule has 2 N–H and O–H groups in total. The zero-order valence-electron chi connectivity index (χ0n) is 10.8. The molecule has 96 valence electrons. The van der Waals surface area contributed by atoms with Gasteiger partial charge < -0.3 is 19.9 Å². The van der Waals surface area contributed by atoms with Crippen LogP contribution >= 0.6 is 0 Å². The highest BCUT2D eigenvalue weighted by Crippen LogP contribution is 2.12. The molecule has 0 bridgehead atoms. The third-order valence-electron chi connectivity index (χ3n) is 2.67. The summed E-state index contributed by atoms with van der Waals surface area (Å²) in [7, 11) is 3.45. The average molecular weight is 239 g/mol. The molecule has 0 saturated heterocycles. The van der Waals surface area contributed by atoms with Crippen LogP contribution < -0.4 is 5.73 Å². The second-order valence-corrected chi connectivity index (χ2v) is 4.02.